The fraction of sp³-hybridized carbons (Fsp3) is 0.550. The van der Waals surface area contributed by atoms with Gasteiger partial charge in [-0.1, -0.05) is 47.7 Å². The molecule has 1 heterocycles. The molecule has 0 saturated heterocycles. The number of rotatable bonds is 2. The van der Waals surface area contributed by atoms with Gasteiger partial charge in [-0.05, 0) is 50.8 Å². The number of carbonyl (C=O) groups is 1. The van der Waals surface area contributed by atoms with E-state index in [-0.39, 0.29) is 11.5 Å². The van der Waals surface area contributed by atoms with Gasteiger partial charge in [0.05, 0.1) is 0 Å². The molecule has 0 spiro atoms. The molecule has 3 heteroatoms. The molecule has 3 rings (SSSR count). The Morgan fingerprint density at radius 3 is 2.61 bits per heavy atom. The molecule has 0 bridgehead atoms. The van der Waals surface area contributed by atoms with Crippen LogP contribution in [0, 0.1) is 5.92 Å². The maximum Gasteiger partial charge on any atom is 0.160 e. The Morgan fingerprint density at radius 1 is 1.22 bits per heavy atom. The van der Waals surface area contributed by atoms with E-state index in [0.717, 1.165) is 29.4 Å². The van der Waals surface area contributed by atoms with E-state index in [0.29, 0.717) is 5.78 Å². The molecule has 1 N–H and O–H groups in total. The van der Waals surface area contributed by atoms with Gasteiger partial charge in [0.1, 0.15) is 0 Å². The third kappa shape index (κ3) is 4.06. The van der Waals surface area contributed by atoms with Crippen LogP contribution in [-0.2, 0) is 11.2 Å². The zero-order chi connectivity index (χ0) is 16.4. The molecule has 1 fully saturated rings. The Bertz CT molecular complexity index is 625. The molecule has 1 aliphatic heterocycles. The van der Waals surface area contributed by atoms with E-state index in [1.165, 1.54) is 36.8 Å². The van der Waals surface area contributed by atoms with Gasteiger partial charge in [0.25, 0.3) is 0 Å². The molecule has 1 saturated carbocycles. The summed E-state index contributed by atoms with van der Waals surface area (Å²) in [6.45, 7) is 4.39. The average molecular weight is 376 g/mol. The maximum absolute atomic E-state index is 12.8. The van der Waals surface area contributed by atoms with E-state index in [1.54, 1.807) is 0 Å². The van der Waals surface area contributed by atoms with Crippen molar-refractivity contribution in [2.45, 2.75) is 64.3 Å². The third-order valence-electron chi connectivity index (χ3n) is 5.01. The topological polar surface area (TPSA) is 29.1 Å². The van der Waals surface area contributed by atoms with Crippen LogP contribution in [0.1, 0.15) is 63.5 Å². The first-order chi connectivity index (χ1) is 10.9. The van der Waals surface area contributed by atoms with Crippen LogP contribution in [0.3, 0.4) is 0 Å². The van der Waals surface area contributed by atoms with Gasteiger partial charge in [-0.25, -0.2) is 0 Å². The highest BCUT2D eigenvalue weighted by atomic mass is 79.9. The van der Waals surface area contributed by atoms with E-state index in [2.05, 4.69) is 53.3 Å². The summed E-state index contributed by atoms with van der Waals surface area (Å²) in [6.07, 6.45) is 9.91. The molecule has 0 aromatic heterocycles. The number of carbonyl (C=O) groups excluding carboxylic acids is 1. The summed E-state index contributed by atoms with van der Waals surface area (Å²) in [5.74, 6) is 0.525. The normalized spacial score (nSPS) is 23.0. The second kappa shape index (κ2) is 6.80. The Labute approximate surface area is 147 Å². The Kier molecular flexibility index (Phi) is 4.96. The lowest BCUT2D eigenvalue weighted by Gasteiger charge is -2.36. The highest BCUT2D eigenvalue weighted by Gasteiger charge is 2.29. The summed E-state index contributed by atoms with van der Waals surface area (Å²) in [5.41, 5.74) is 3.46. The van der Waals surface area contributed by atoms with Gasteiger partial charge < -0.3 is 5.32 Å². The van der Waals surface area contributed by atoms with Crippen molar-refractivity contribution in [3.05, 3.63) is 39.9 Å². The molecule has 0 atom stereocenters. The number of fused-ring (bicyclic) bond motifs is 1. The molecule has 0 amide bonds. The molecular weight excluding hydrogens is 350 g/mol. The number of benzene rings is 1. The van der Waals surface area contributed by atoms with E-state index in [4.69, 9.17) is 0 Å². The highest BCUT2D eigenvalue weighted by Crippen LogP contribution is 2.32. The molecule has 0 radical (unpaired) electrons. The first-order valence-corrected chi connectivity index (χ1v) is 9.56. The van der Waals surface area contributed by atoms with Crippen molar-refractivity contribution in [1.82, 2.24) is 5.32 Å². The predicted molar refractivity (Wildman–Crippen MR) is 99.2 cm³/mol. The molecule has 124 valence electrons. The predicted octanol–water partition coefficient (Wildman–Crippen LogP) is 5.25. The van der Waals surface area contributed by atoms with Crippen LogP contribution in [0.5, 0.6) is 0 Å². The minimum atomic E-state index is -0.0244. The molecule has 1 aromatic rings. The van der Waals surface area contributed by atoms with Crippen LogP contribution in [0.15, 0.2) is 28.7 Å². The van der Waals surface area contributed by atoms with E-state index >= 15 is 0 Å². The zero-order valence-electron chi connectivity index (χ0n) is 14.1. The fourth-order valence-electron chi connectivity index (χ4n) is 3.86. The van der Waals surface area contributed by atoms with Crippen molar-refractivity contribution < 1.29 is 4.79 Å². The SMILES string of the molecule is CC1(C)Cc2cc(Br)ccc2/C(=C/C(=O)C2CCCCCC2)N1. The largest absolute Gasteiger partial charge is 0.379 e. The second-order valence-corrected chi connectivity index (χ2v) is 8.55. The van der Waals surface area contributed by atoms with Crippen molar-refractivity contribution in [2.75, 3.05) is 0 Å². The van der Waals surface area contributed by atoms with E-state index in [9.17, 15) is 4.79 Å². The standard InChI is InChI=1S/C20H26BrNO/c1-20(2)13-15-11-16(21)9-10-17(15)18(22-20)12-19(23)14-7-5-3-4-6-8-14/h9-12,14,22H,3-8,13H2,1-2H3/b18-12-. The summed E-state index contributed by atoms with van der Waals surface area (Å²) >= 11 is 3.56. The number of allylic oxidation sites excluding steroid dienone is 1. The Hall–Kier alpha value is -1.09. The summed E-state index contributed by atoms with van der Waals surface area (Å²) in [7, 11) is 0. The fourth-order valence-corrected chi connectivity index (χ4v) is 4.27. The monoisotopic (exact) mass is 375 g/mol. The van der Waals surface area contributed by atoms with Gasteiger partial charge in [-0.15, -0.1) is 0 Å². The van der Waals surface area contributed by atoms with Gasteiger partial charge in [0.15, 0.2) is 5.78 Å². The quantitative estimate of drug-likeness (QED) is 0.564. The van der Waals surface area contributed by atoms with Gasteiger partial charge in [-0.3, -0.25) is 4.79 Å². The smallest absolute Gasteiger partial charge is 0.160 e. The van der Waals surface area contributed by atoms with Crippen LogP contribution in [0.25, 0.3) is 5.70 Å². The molecule has 1 aromatic carbocycles. The first-order valence-electron chi connectivity index (χ1n) is 8.77. The highest BCUT2D eigenvalue weighted by molar-refractivity contribution is 9.10. The number of ketones is 1. The second-order valence-electron chi connectivity index (χ2n) is 7.64. The van der Waals surface area contributed by atoms with E-state index in [1.807, 2.05) is 6.08 Å². The van der Waals surface area contributed by atoms with Gasteiger partial charge in [0, 0.05) is 33.3 Å². The Morgan fingerprint density at radius 2 is 1.91 bits per heavy atom. The molecular formula is C20H26BrNO. The molecule has 0 unspecified atom stereocenters. The lowest BCUT2D eigenvalue weighted by Crippen LogP contribution is -2.44. The zero-order valence-corrected chi connectivity index (χ0v) is 15.7. The number of halogens is 1. The maximum atomic E-state index is 12.8. The molecule has 2 nitrogen and oxygen atoms in total. The van der Waals surface area contributed by atoms with Crippen LogP contribution in [-0.4, -0.2) is 11.3 Å². The summed E-state index contributed by atoms with van der Waals surface area (Å²) in [4.78, 5) is 12.8. The lowest BCUT2D eigenvalue weighted by atomic mass is 9.85. The van der Waals surface area contributed by atoms with Crippen molar-refractivity contribution in [3.8, 4) is 0 Å². The van der Waals surface area contributed by atoms with Crippen molar-refractivity contribution in [2.24, 2.45) is 5.92 Å². The van der Waals surface area contributed by atoms with E-state index < -0.39 is 0 Å². The number of hydrogen-bond donors (Lipinski definition) is 1. The van der Waals surface area contributed by atoms with Crippen molar-refractivity contribution >= 4 is 27.4 Å². The number of nitrogens with one attached hydrogen (secondary N) is 1. The van der Waals surface area contributed by atoms with Gasteiger partial charge in [0.2, 0.25) is 0 Å². The van der Waals surface area contributed by atoms with Gasteiger partial charge >= 0.3 is 0 Å². The Balaban J connectivity index is 1.90. The van der Waals surface area contributed by atoms with Gasteiger partial charge in [-0.2, -0.15) is 0 Å². The van der Waals surface area contributed by atoms with Crippen molar-refractivity contribution in [1.29, 1.82) is 0 Å². The summed E-state index contributed by atoms with van der Waals surface area (Å²) in [6, 6.07) is 6.36. The molecule has 2 aliphatic rings. The van der Waals surface area contributed by atoms with Crippen molar-refractivity contribution in [3.63, 3.8) is 0 Å². The minimum Gasteiger partial charge on any atom is -0.379 e. The average Bonchev–Trinajstić information content (AvgIpc) is 2.74. The first kappa shape index (κ1) is 16.8. The minimum absolute atomic E-state index is 0.0244. The lowest BCUT2D eigenvalue weighted by molar-refractivity contribution is -0.118. The summed E-state index contributed by atoms with van der Waals surface area (Å²) in [5, 5.41) is 3.58. The van der Waals surface area contributed by atoms with Crippen LogP contribution in [0.4, 0.5) is 0 Å². The molecule has 1 aliphatic carbocycles. The summed E-state index contributed by atoms with van der Waals surface area (Å²) < 4.78 is 1.10. The molecule has 23 heavy (non-hydrogen) atoms. The van der Waals surface area contributed by atoms with Crippen LogP contribution < -0.4 is 5.32 Å². The van der Waals surface area contributed by atoms with Crippen LogP contribution in [0.2, 0.25) is 0 Å². The third-order valence-corrected chi connectivity index (χ3v) is 5.50. The van der Waals surface area contributed by atoms with Crippen LogP contribution >= 0.6 is 15.9 Å². The number of hydrogen-bond acceptors (Lipinski definition) is 2.